The maximum absolute atomic E-state index is 12.0. The van der Waals surface area contributed by atoms with Crippen molar-refractivity contribution in [3.8, 4) is 0 Å². The van der Waals surface area contributed by atoms with Crippen molar-refractivity contribution >= 4 is 23.1 Å². The zero-order valence-corrected chi connectivity index (χ0v) is 12.0. The van der Waals surface area contributed by atoms with E-state index < -0.39 is 0 Å². The Labute approximate surface area is 114 Å². The van der Waals surface area contributed by atoms with Gasteiger partial charge in [0.2, 0.25) is 5.91 Å². The van der Waals surface area contributed by atoms with E-state index >= 15 is 0 Å². The number of benzene rings is 1. The fourth-order valence-electron chi connectivity index (χ4n) is 1.72. The van der Waals surface area contributed by atoms with Crippen LogP contribution in [0.5, 0.6) is 0 Å². The molecule has 3 nitrogen and oxygen atoms in total. The van der Waals surface area contributed by atoms with Gasteiger partial charge in [-0.25, -0.2) is 0 Å². The SMILES string of the molecule is Cc1ccccc1CCC(=O)N(C)C(C)C(N)=S. The van der Waals surface area contributed by atoms with Crippen LogP contribution in [0.2, 0.25) is 0 Å². The summed E-state index contributed by atoms with van der Waals surface area (Å²) in [5.41, 5.74) is 7.97. The molecule has 0 saturated heterocycles. The predicted octanol–water partition coefficient (Wildman–Crippen LogP) is 2.06. The number of thiocarbonyl (C=S) groups is 1. The van der Waals surface area contributed by atoms with E-state index in [1.807, 2.05) is 19.1 Å². The molecule has 0 aliphatic carbocycles. The molecule has 0 heterocycles. The first kappa shape index (κ1) is 14.6. The van der Waals surface area contributed by atoms with Crippen molar-refractivity contribution in [1.29, 1.82) is 0 Å². The van der Waals surface area contributed by atoms with E-state index in [0.717, 1.165) is 6.42 Å². The van der Waals surface area contributed by atoms with E-state index in [2.05, 4.69) is 19.1 Å². The van der Waals surface area contributed by atoms with Gasteiger partial charge in [-0.1, -0.05) is 36.5 Å². The van der Waals surface area contributed by atoms with Crippen LogP contribution in [0.15, 0.2) is 24.3 Å². The van der Waals surface area contributed by atoms with Crippen molar-refractivity contribution in [3.63, 3.8) is 0 Å². The molecule has 0 saturated carbocycles. The molecule has 4 heteroatoms. The van der Waals surface area contributed by atoms with E-state index in [1.165, 1.54) is 11.1 Å². The van der Waals surface area contributed by atoms with Crippen molar-refractivity contribution < 1.29 is 4.79 Å². The molecule has 1 aromatic rings. The molecule has 0 aliphatic rings. The van der Waals surface area contributed by atoms with Gasteiger partial charge in [-0.05, 0) is 31.4 Å². The number of hydrogen-bond acceptors (Lipinski definition) is 2. The third-order valence-electron chi connectivity index (χ3n) is 3.26. The molecule has 18 heavy (non-hydrogen) atoms. The summed E-state index contributed by atoms with van der Waals surface area (Å²) in [5.74, 6) is 0.0681. The largest absolute Gasteiger partial charge is 0.392 e. The Morgan fingerprint density at radius 1 is 1.44 bits per heavy atom. The minimum Gasteiger partial charge on any atom is -0.392 e. The highest BCUT2D eigenvalue weighted by Crippen LogP contribution is 2.11. The van der Waals surface area contributed by atoms with Crippen molar-refractivity contribution in [1.82, 2.24) is 4.90 Å². The highest BCUT2D eigenvalue weighted by atomic mass is 32.1. The molecule has 0 radical (unpaired) electrons. The Hall–Kier alpha value is -1.42. The van der Waals surface area contributed by atoms with Crippen LogP contribution in [0.25, 0.3) is 0 Å². The number of nitrogens with zero attached hydrogens (tertiary/aromatic N) is 1. The second-order valence-electron chi connectivity index (χ2n) is 4.51. The normalized spacial score (nSPS) is 11.9. The number of likely N-dealkylation sites (N-methyl/N-ethyl adjacent to an activating group) is 1. The van der Waals surface area contributed by atoms with Crippen LogP contribution >= 0.6 is 12.2 Å². The number of nitrogens with two attached hydrogens (primary N) is 1. The predicted molar refractivity (Wildman–Crippen MR) is 78.5 cm³/mol. The second-order valence-corrected chi connectivity index (χ2v) is 4.98. The van der Waals surface area contributed by atoms with E-state index in [-0.39, 0.29) is 11.9 Å². The molecule has 0 fully saturated rings. The van der Waals surface area contributed by atoms with E-state index in [9.17, 15) is 4.79 Å². The fourth-order valence-corrected chi connectivity index (χ4v) is 1.87. The summed E-state index contributed by atoms with van der Waals surface area (Å²) < 4.78 is 0. The van der Waals surface area contributed by atoms with Gasteiger partial charge in [-0.3, -0.25) is 4.79 Å². The van der Waals surface area contributed by atoms with Crippen LogP contribution in [0, 0.1) is 6.92 Å². The molecule has 98 valence electrons. The summed E-state index contributed by atoms with van der Waals surface area (Å²) in [6.45, 7) is 3.90. The Bertz CT molecular complexity index is 445. The van der Waals surface area contributed by atoms with Crippen molar-refractivity contribution in [2.45, 2.75) is 32.7 Å². The quantitative estimate of drug-likeness (QED) is 0.828. The van der Waals surface area contributed by atoms with Crippen LogP contribution in [-0.2, 0) is 11.2 Å². The number of hydrogen-bond donors (Lipinski definition) is 1. The Morgan fingerprint density at radius 3 is 2.61 bits per heavy atom. The van der Waals surface area contributed by atoms with Crippen molar-refractivity contribution in [2.24, 2.45) is 5.73 Å². The summed E-state index contributed by atoms with van der Waals surface area (Å²) in [7, 11) is 1.74. The van der Waals surface area contributed by atoms with Gasteiger partial charge in [0.1, 0.15) is 0 Å². The lowest BCUT2D eigenvalue weighted by molar-refractivity contribution is -0.130. The summed E-state index contributed by atoms with van der Waals surface area (Å²) in [4.78, 5) is 13.9. The van der Waals surface area contributed by atoms with E-state index in [4.69, 9.17) is 18.0 Å². The number of carbonyl (C=O) groups is 1. The molecule has 1 amide bonds. The standard InChI is InChI=1S/C14H20N2OS/c1-10-6-4-5-7-12(10)8-9-13(17)16(3)11(2)14(15)18/h4-7,11H,8-9H2,1-3H3,(H2,15,18). The van der Waals surface area contributed by atoms with Gasteiger partial charge >= 0.3 is 0 Å². The third kappa shape index (κ3) is 3.81. The topological polar surface area (TPSA) is 46.3 Å². The van der Waals surface area contributed by atoms with Gasteiger partial charge in [0.15, 0.2) is 0 Å². The molecule has 0 spiro atoms. The summed E-state index contributed by atoms with van der Waals surface area (Å²) in [5, 5.41) is 0. The average molecular weight is 264 g/mol. The first-order valence-corrected chi connectivity index (χ1v) is 6.43. The molecule has 1 aromatic carbocycles. The fraction of sp³-hybridized carbons (Fsp3) is 0.429. The van der Waals surface area contributed by atoms with Gasteiger partial charge in [-0.2, -0.15) is 0 Å². The molecule has 0 aromatic heterocycles. The molecule has 0 bridgehead atoms. The lowest BCUT2D eigenvalue weighted by Gasteiger charge is -2.24. The maximum Gasteiger partial charge on any atom is 0.223 e. The molecule has 1 atom stereocenters. The van der Waals surface area contributed by atoms with Gasteiger partial charge in [0.25, 0.3) is 0 Å². The minimum absolute atomic E-state index is 0.0681. The van der Waals surface area contributed by atoms with E-state index in [1.54, 1.807) is 11.9 Å². The van der Waals surface area contributed by atoms with Crippen LogP contribution in [0.3, 0.4) is 0 Å². The highest BCUT2D eigenvalue weighted by molar-refractivity contribution is 7.80. The smallest absolute Gasteiger partial charge is 0.223 e. The van der Waals surface area contributed by atoms with Crippen LogP contribution in [0.4, 0.5) is 0 Å². The first-order valence-electron chi connectivity index (χ1n) is 6.03. The molecule has 0 aliphatic heterocycles. The lowest BCUT2D eigenvalue weighted by atomic mass is 10.0. The first-order chi connectivity index (χ1) is 8.43. The number of rotatable bonds is 5. The molecule has 1 rings (SSSR count). The summed E-state index contributed by atoms with van der Waals surface area (Å²) in [6.07, 6.45) is 1.23. The number of carbonyl (C=O) groups excluding carboxylic acids is 1. The highest BCUT2D eigenvalue weighted by Gasteiger charge is 2.17. The maximum atomic E-state index is 12.0. The summed E-state index contributed by atoms with van der Waals surface area (Å²) >= 11 is 4.90. The zero-order chi connectivity index (χ0) is 13.7. The number of amides is 1. The van der Waals surface area contributed by atoms with Crippen molar-refractivity contribution in [3.05, 3.63) is 35.4 Å². The molecule has 2 N–H and O–H groups in total. The van der Waals surface area contributed by atoms with Gasteiger partial charge in [0, 0.05) is 13.5 Å². The molecule has 1 unspecified atom stereocenters. The van der Waals surface area contributed by atoms with Crippen LogP contribution in [-0.4, -0.2) is 28.9 Å². The lowest BCUT2D eigenvalue weighted by Crippen LogP contribution is -2.42. The van der Waals surface area contributed by atoms with Crippen LogP contribution < -0.4 is 5.73 Å². The zero-order valence-electron chi connectivity index (χ0n) is 11.1. The Balaban J connectivity index is 2.56. The Kier molecular flexibility index (Phi) is 5.28. The minimum atomic E-state index is -0.190. The van der Waals surface area contributed by atoms with Crippen molar-refractivity contribution in [2.75, 3.05) is 7.05 Å². The number of aryl methyl sites for hydroxylation is 2. The van der Waals surface area contributed by atoms with Crippen LogP contribution in [0.1, 0.15) is 24.5 Å². The van der Waals surface area contributed by atoms with Gasteiger partial charge in [-0.15, -0.1) is 0 Å². The molecular weight excluding hydrogens is 244 g/mol. The van der Waals surface area contributed by atoms with Gasteiger partial charge in [0.05, 0.1) is 11.0 Å². The monoisotopic (exact) mass is 264 g/mol. The van der Waals surface area contributed by atoms with E-state index in [0.29, 0.717) is 11.4 Å². The van der Waals surface area contributed by atoms with Gasteiger partial charge < -0.3 is 10.6 Å². The summed E-state index contributed by atoms with van der Waals surface area (Å²) in [6, 6.07) is 7.92. The second kappa shape index (κ2) is 6.50. The third-order valence-corrected chi connectivity index (χ3v) is 3.60. The average Bonchev–Trinajstić information content (AvgIpc) is 2.35. The Morgan fingerprint density at radius 2 is 2.06 bits per heavy atom. The molecular formula is C14H20N2OS.